The van der Waals surface area contributed by atoms with Crippen molar-refractivity contribution in [3.63, 3.8) is 0 Å². The third kappa shape index (κ3) is 1.91. The molecule has 2 rings (SSSR count). The van der Waals surface area contributed by atoms with Gasteiger partial charge < -0.3 is 10.8 Å². The molecule has 0 bridgehead atoms. The number of nitrogens with two attached hydrogens (primary N) is 1. The second-order valence-corrected chi connectivity index (χ2v) is 3.36. The first-order chi connectivity index (χ1) is 7.33. The molecule has 0 aliphatic heterocycles. The molecule has 0 saturated carbocycles. The van der Waals surface area contributed by atoms with Crippen LogP contribution in [0.4, 0.5) is 0 Å². The quantitative estimate of drug-likeness (QED) is 0.698. The Morgan fingerprint density at radius 2 is 2.20 bits per heavy atom. The van der Waals surface area contributed by atoms with Crippen LogP contribution < -0.4 is 5.73 Å². The van der Waals surface area contributed by atoms with Gasteiger partial charge in [0.2, 0.25) is 0 Å². The molecule has 78 valence electrons. The molecular formula is C11H13N3O. The summed E-state index contributed by atoms with van der Waals surface area (Å²) in [6, 6.07) is 7.39. The van der Waals surface area contributed by atoms with Gasteiger partial charge in [-0.2, -0.15) is 5.10 Å². The lowest BCUT2D eigenvalue weighted by molar-refractivity contribution is 0.268. The topological polar surface area (TPSA) is 74.9 Å². The standard InChI is InChI=1S/C11H13N3O/c12-11(7-15)10-4-2-1-3-9(10)8-5-13-14-6-8/h1-6,11,15H,7,12H2,(H,13,14). The minimum absolute atomic E-state index is 0.0607. The SMILES string of the molecule is NC(CO)c1ccccc1-c1cn[nH]c1. The van der Waals surface area contributed by atoms with Gasteiger partial charge in [-0.3, -0.25) is 5.10 Å². The molecular weight excluding hydrogens is 190 g/mol. The first-order valence-electron chi connectivity index (χ1n) is 4.77. The van der Waals surface area contributed by atoms with E-state index in [1.54, 1.807) is 6.20 Å². The van der Waals surface area contributed by atoms with Gasteiger partial charge in [-0.15, -0.1) is 0 Å². The maximum atomic E-state index is 9.06. The highest BCUT2D eigenvalue weighted by Gasteiger charge is 2.11. The maximum absolute atomic E-state index is 9.06. The molecule has 4 heteroatoms. The highest BCUT2D eigenvalue weighted by atomic mass is 16.3. The van der Waals surface area contributed by atoms with Crippen molar-refractivity contribution in [2.45, 2.75) is 6.04 Å². The van der Waals surface area contributed by atoms with Crippen molar-refractivity contribution in [1.82, 2.24) is 10.2 Å². The zero-order valence-corrected chi connectivity index (χ0v) is 8.22. The molecule has 15 heavy (non-hydrogen) atoms. The first kappa shape index (κ1) is 9.89. The van der Waals surface area contributed by atoms with Crippen molar-refractivity contribution in [3.05, 3.63) is 42.2 Å². The Kier molecular flexibility index (Phi) is 2.80. The fourth-order valence-electron chi connectivity index (χ4n) is 1.58. The van der Waals surface area contributed by atoms with Crippen LogP contribution in [-0.2, 0) is 0 Å². The van der Waals surface area contributed by atoms with Gasteiger partial charge in [0.05, 0.1) is 18.8 Å². The Labute approximate surface area is 87.7 Å². The molecule has 0 fully saturated rings. The number of hydrogen-bond donors (Lipinski definition) is 3. The van der Waals surface area contributed by atoms with Crippen LogP contribution in [-0.4, -0.2) is 21.9 Å². The average Bonchev–Trinajstić information content (AvgIpc) is 2.81. The minimum atomic E-state index is -0.351. The molecule has 1 heterocycles. The number of hydrogen-bond acceptors (Lipinski definition) is 3. The molecule has 1 aromatic carbocycles. The van der Waals surface area contributed by atoms with Crippen LogP contribution in [0.1, 0.15) is 11.6 Å². The number of aliphatic hydroxyl groups excluding tert-OH is 1. The van der Waals surface area contributed by atoms with E-state index in [0.29, 0.717) is 0 Å². The van der Waals surface area contributed by atoms with Crippen LogP contribution >= 0.6 is 0 Å². The number of rotatable bonds is 3. The molecule has 0 amide bonds. The largest absolute Gasteiger partial charge is 0.394 e. The molecule has 0 aliphatic carbocycles. The lowest BCUT2D eigenvalue weighted by atomic mass is 9.98. The van der Waals surface area contributed by atoms with Gasteiger partial charge in [-0.25, -0.2) is 0 Å². The Morgan fingerprint density at radius 1 is 1.40 bits per heavy atom. The molecule has 4 N–H and O–H groups in total. The van der Waals surface area contributed by atoms with Crippen LogP contribution in [0.25, 0.3) is 11.1 Å². The van der Waals surface area contributed by atoms with E-state index in [9.17, 15) is 0 Å². The minimum Gasteiger partial charge on any atom is -0.394 e. The van der Waals surface area contributed by atoms with Crippen molar-refractivity contribution in [3.8, 4) is 11.1 Å². The van der Waals surface area contributed by atoms with Gasteiger partial charge in [-0.1, -0.05) is 24.3 Å². The predicted molar refractivity (Wildman–Crippen MR) is 58.0 cm³/mol. The van der Waals surface area contributed by atoms with Crippen LogP contribution in [0.3, 0.4) is 0 Å². The smallest absolute Gasteiger partial charge is 0.0624 e. The Balaban J connectivity index is 2.47. The van der Waals surface area contributed by atoms with Gasteiger partial charge >= 0.3 is 0 Å². The molecule has 4 nitrogen and oxygen atoms in total. The normalized spacial score (nSPS) is 12.7. The number of aromatic nitrogens is 2. The second-order valence-electron chi connectivity index (χ2n) is 3.36. The fourth-order valence-corrected chi connectivity index (χ4v) is 1.58. The van der Waals surface area contributed by atoms with Crippen molar-refractivity contribution >= 4 is 0 Å². The molecule has 0 radical (unpaired) electrons. The van der Waals surface area contributed by atoms with Gasteiger partial charge in [0.1, 0.15) is 0 Å². The zero-order chi connectivity index (χ0) is 10.7. The third-order valence-electron chi connectivity index (χ3n) is 2.37. The lowest BCUT2D eigenvalue weighted by Crippen LogP contribution is -2.15. The van der Waals surface area contributed by atoms with Crippen molar-refractivity contribution < 1.29 is 5.11 Å². The highest BCUT2D eigenvalue weighted by molar-refractivity contribution is 5.66. The number of H-pyrrole nitrogens is 1. The summed E-state index contributed by atoms with van der Waals surface area (Å²) in [5.74, 6) is 0. The number of aromatic amines is 1. The summed E-state index contributed by atoms with van der Waals surface area (Å²) < 4.78 is 0. The van der Waals surface area contributed by atoms with Crippen molar-refractivity contribution in [2.24, 2.45) is 5.73 Å². The zero-order valence-electron chi connectivity index (χ0n) is 8.22. The van der Waals surface area contributed by atoms with Gasteiger partial charge in [0.25, 0.3) is 0 Å². The van der Waals surface area contributed by atoms with E-state index in [2.05, 4.69) is 10.2 Å². The van der Waals surface area contributed by atoms with Crippen LogP contribution in [0.15, 0.2) is 36.7 Å². The summed E-state index contributed by atoms with van der Waals surface area (Å²) in [7, 11) is 0. The monoisotopic (exact) mass is 203 g/mol. The van der Waals surface area contributed by atoms with Crippen LogP contribution in [0, 0.1) is 0 Å². The lowest BCUT2D eigenvalue weighted by Gasteiger charge is -2.12. The van der Waals surface area contributed by atoms with E-state index in [-0.39, 0.29) is 12.6 Å². The Bertz CT molecular complexity index is 425. The van der Waals surface area contributed by atoms with E-state index in [4.69, 9.17) is 10.8 Å². The van der Waals surface area contributed by atoms with Crippen LogP contribution in [0.2, 0.25) is 0 Å². The summed E-state index contributed by atoms with van der Waals surface area (Å²) >= 11 is 0. The summed E-state index contributed by atoms with van der Waals surface area (Å²) in [6.45, 7) is -0.0607. The molecule has 0 saturated heterocycles. The van der Waals surface area contributed by atoms with E-state index >= 15 is 0 Å². The number of aliphatic hydroxyl groups is 1. The molecule has 1 aromatic heterocycles. The summed E-state index contributed by atoms with van der Waals surface area (Å²) in [5, 5.41) is 15.7. The molecule has 1 unspecified atom stereocenters. The third-order valence-corrected chi connectivity index (χ3v) is 2.37. The highest BCUT2D eigenvalue weighted by Crippen LogP contribution is 2.25. The Morgan fingerprint density at radius 3 is 2.87 bits per heavy atom. The van der Waals surface area contributed by atoms with Gasteiger partial charge in [0, 0.05) is 11.8 Å². The van der Waals surface area contributed by atoms with E-state index < -0.39 is 0 Å². The number of nitrogens with zero attached hydrogens (tertiary/aromatic N) is 1. The molecule has 1 atom stereocenters. The van der Waals surface area contributed by atoms with Gasteiger partial charge in [0.15, 0.2) is 0 Å². The summed E-state index contributed by atoms with van der Waals surface area (Å²) in [5.41, 5.74) is 8.74. The number of benzene rings is 1. The molecule has 2 aromatic rings. The fraction of sp³-hybridized carbons (Fsp3) is 0.182. The second kappa shape index (κ2) is 4.25. The van der Waals surface area contributed by atoms with Gasteiger partial charge in [-0.05, 0) is 11.1 Å². The van der Waals surface area contributed by atoms with Crippen LogP contribution in [0.5, 0.6) is 0 Å². The Hall–Kier alpha value is -1.65. The van der Waals surface area contributed by atoms with E-state index in [1.165, 1.54) is 0 Å². The number of nitrogens with one attached hydrogen (secondary N) is 1. The molecule has 0 aliphatic rings. The van der Waals surface area contributed by atoms with Crippen molar-refractivity contribution in [2.75, 3.05) is 6.61 Å². The summed E-state index contributed by atoms with van der Waals surface area (Å²) in [4.78, 5) is 0. The summed E-state index contributed by atoms with van der Waals surface area (Å²) in [6.07, 6.45) is 3.55. The average molecular weight is 203 g/mol. The van der Waals surface area contributed by atoms with E-state index in [1.807, 2.05) is 30.5 Å². The van der Waals surface area contributed by atoms with E-state index in [0.717, 1.165) is 16.7 Å². The first-order valence-corrected chi connectivity index (χ1v) is 4.77. The maximum Gasteiger partial charge on any atom is 0.0624 e. The molecule has 0 spiro atoms. The van der Waals surface area contributed by atoms with Crippen molar-refractivity contribution in [1.29, 1.82) is 0 Å². The predicted octanol–water partition coefficient (Wildman–Crippen LogP) is 1.07.